The standard InChI is InChI=1S/C25H26FN5O3/c1-4-18-8-6-7-9-20(18)27-21(32)15-29-22-16(3)28-31(5-2)23(22)24(33)30(25(29)34)14-17-10-12-19(26)13-11-17/h6-13H,4-5,14-15H2,1-3H3,(H,27,32). The topological polar surface area (TPSA) is 90.9 Å². The summed E-state index contributed by atoms with van der Waals surface area (Å²) in [5, 5.41) is 7.29. The van der Waals surface area contributed by atoms with Crippen molar-refractivity contribution in [3.63, 3.8) is 0 Å². The molecule has 1 amide bonds. The van der Waals surface area contributed by atoms with E-state index in [-0.39, 0.29) is 24.5 Å². The van der Waals surface area contributed by atoms with Crippen molar-refractivity contribution < 1.29 is 9.18 Å². The quantitative estimate of drug-likeness (QED) is 0.456. The molecule has 0 bridgehead atoms. The number of halogens is 1. The maximum absolute atomic E-state index is 13.5. The number of fused-ring (bicyclic) bond motifs is 1. The predicted molar refractivity (Wildman–Crippen MR) is 129 cm³/mol. The Balaban J connectivity index is 1.82. The van der Waals surface area contributed by atoms with Crippen LogP contribution in [0.25, 0.3) is 11.0 Å². The number of nitrogens with zero attached hydrogens (tertiary/aromatic N) is 4. The van der Waals surface area contributed by atoms with Gasteiger partial charge in [-0.05, 0) is 49.6 Å². The molecule has 0 saturated heterocycles. The highest BCUT2D eigenvalue weighted by Gasteiger charge is 2.22. The molecule has 2 heterocycles. The Morgan fingerprint density at radius 1 is 1.00 bits per heavy atom. The largest absolute Gasteiger partial charge is 0.332 e. The van der Waals surface area contributed by atoms with Gasteiger partial charge >= 0.3 is 5.69 Å². The number of carbonyl (C=O) groups is 1. The average molecular weight is 464 g/mol. The summed E-state index contributed by atoms with van der Waals surface area (Å²) in [6.45, 7) is 5.63. The number of carbonyl (C=O) groups excluding carboxylic acids is 1. The fourth-order valence-corrected chi connectivity index (χ4v) is 4.13. The molecule has 0 fully saturated rings. The summed E-state index contributed by atoms with van der Waals surface area (Å²) in [6, 6.07) is 13.1. The monoisotopic (exact) mass is 463 g/mol. The molecule has 176 valence electrons. The van der Waals surface area contributed by atoms with Crippen LogP contribution in [0.1, 0.15) is 30.7 Å². The number of rotatable bonds is 7. The molecule has 4 rings (SSSR count). The fraction of sp³-hybridized carbons (Fsp3) is 0.280. The summed E-state index contributed by atoms with van der Waals surface area (Å²) in [4.78, 5) is 39.8. The number of benzene rings is 2. The van der Waals surface area contributed by atoms with Crippen LogP contribution in [0.15, 0.2) is 58.1 Å². The van der Waals surface area contributed by atoms with E-state index in [1.807, 2.05) is 38.1 Å². The number of nitrogens with one attached hydrogen (secondary N) is 1. The molecule has 0 radical (unpaired) electrons. The minimum absolute atomic E-state index is 0.0535. The van der Waals surface area contributed by atoms with Gasteiger partial charge in [-0.1, -0.05) is 37.3 Å². The summed E-state index contributed by atoms with van der Waals surface area (Å²) in [5.41, 5.74) is 2.20. The molecule has 0 aliphatic carbocycles. The van der Waals surface area contributed by atoms with Crippen LogP contribution in [0.5, 0.6) is 0 Å². The Hall–Kier alpha value is -4.01. The SMILES string of the molecule is CCc1ccccc1NC(=O)Cn1c(=O)n(Cc2ccc(F)cc2)c(=O)c2c1c(C)nn2CC. The van der Waals surface area contributed by atoms with Gasteiger partial charge in [0.25, 0.3) is 5.56 Å². The van der Waals surface area contributed by atoms with E-state index >= 15 is 0 Å². The van der Waals surface area contributed by atoms with Crippen LogP contribution in [0, 0.1) is 12.7 Å². The van der Waals surface area contributed by atoms with Crippen LogP contribution in [-0.2, 0) is 30.8 Å². The van der Waals surface area contributed by atoms with Gasteiger partial charge in [0, 0.05) is 12.2 Å². The first-order chi connectivity index (χ1) is 16.3. The molecule has 0 unspecified atom stereocenters. The molecular formula is C25H26FN5O3. The van der Waals surface area contributed by atoms with Crippen molar-refractivity contribution in [2.45, 2.75) is 46.8 Å². The summed E-state index contributed by atoms with van der Waals surface area (Å²) in [5.74, 6) is -0.799. The first kappa shape index (κ1) is 23.2. The molecule has 0 atom stereocenters. The van der Waals surface area contributed by atoms with Crippen molar-refractivity contribution in [3.05, 3.63) is 92.0 Å². The second-order valence-corrected chi connectivity index (χ2v) is 8.04. The highest BCUT2D eigenvalue weighted by Crippen LogP contribution is 2.17. The zero-order chi connectivity index (χ0) is 24.4. The maximum Gasteiger partial charge on any atom is 0.332 e. The van der Waals surface area contributed by atoms with E-state index in [9.17, 15) is 18.8 Å². The molecule has 0 saturated carbocycles. The lowest BCUT2D eigenvalue weighted by atomic mass is 10.1. The highest BCUT2D eigenvalue weighted by atomic mass is 19.1. The zero-order valence-corrected chi connectivity index (χ0v) is 19.3. The Bertz CT molecular complexity index is 1480. The Morgan fingerprint density at radius 2 is 1.71 bits per heavy atom. The predicted octanol–water partition coefficient (Wildman–Crippen LogP) is 3.08. The van der Waals surface area contributed by atoms with Gasteiger partial charge in [0.1, 0.15) is 17.9 Å². The van der Waals surface area contributed by atoms with Gasteiger partial charge in [0.05, 0.1) is 12.2 Å². The van der Waals surface area contributed by atoms with E-state index in [1.54, 1.807) is 6.92 Å². The minimum Gasteiger partial charge on any atom is -0.324 e. The number of para-hydroxylation sites is 1. The van der Waals surface area contributed by atoms with Crippen molar-refractivity contribution >= 4 is 22.6 Å². The van der Waals surface area contributed by atoms with E-state index in [4.69, 9.17) is 0 Å². The second kappa shape index (κ2) is 9.46. The van der Waals surface area contributed by atoms with E-state index in [0.29, 0.717) is 29.0 Å². The molecule has 4 aromatic rings. The summed E-state index contributed by atoms with van der Waals surface area (Å²) >= 11 is 0. The molecule has 0 aliphatic heterocycles. The van der Waals surface area contributed by atoms with Crippen LogP contribution >= 0.6 is 0 Å². The lowest BCUT2D eigenvalue weighted by Crippen LogP contribution is -2.42. The smallest absolute Gasteiger partial charge is 0.324 e. The zero-order valence-electron chi connectivity index (χ0n) is 19.3. The Kier molecular flexibility index (Phi) is 6.45. The van der Waals surface area contributed by atoms with Crippen molar-refractivity contribution in [1.29, 1.82) is 0 Å². The normalized spacial score (nSPS) is 11.2. The van der Waals surface area contributed by atoms with Gasteiger partial charge in [-0.2, -0.15) is 5.10 Å². The van der Waals surface area contributed by atoms with Crippen LogP contribution in [-0.4, -0.2) is 24.8 Å². The highest BCUT2D eigenvalue weighted by molar-refractivity contribution is 5.92. The van der Waals surface area contributed by atoms with Crippen molar-refractivity contribution in [1.82, 2.24) is 18.9 Å². The van der Waals surface area contributed by atoms with Crippen LogP contribution in [0.2, 0.25) is 0 Å². The van der Waals surface area contributed by atoms with Crippen molar-refractivity contribution in [3.8, 4) is 0 Å². The molecule has 1 N–H and O–H groups in total. The van der Waals surface area contributed by atoms with Gasteiger partial charge in [-0.3, -0.25) is 23.4 Å². The average Bonchev–Trinajstić information content (AvgIpc) is 3.17. The van der Waals surface area contributed by atoms with Gasteiger partial charge in [-0.15, -0.1) is 0 Å². The lowest BCUT2D eigenvalue weighted by molar-refractivity contribution is -0.116. The van der Waals surface area contributed by atoms with Crippen molar-refractivity contribution in [2.24, 2.45) is 0 Å². The van der Waals surface area contributed by atoms with Gasteiger partial charge in [0.15, 0.2) is 5.52 Å². The summed E-state index contributed by atoms with van der Waals surface area (Å²) in [7, 11) is 0. The lowest BCUT2D eigenvalue weighted by Gasteiger charge is -2.14. The Morgan fingerprint density at radius 3 is 2.38 bits per heavy atom. The van der Waals surface area contributed by atoms with Gasteiger partial charge in [-0.25, -0.2) is 9.18 Å². The first-order valence-corrected chi connectivity index (χ1v) is 11.2. The maximum atomic E-state index is 13.5. The number of hydrogen-bond acceptors (Lipinski definition) is 4. The molecule has 2 aromatic carbocycles. The first-order valence-electron chi connectivity index (χ1n) is 11.2. The van der Waals surface area contributed by atoms with Gasteiger partial charge < -0.3 is 5.32 Å². The summed E-state index contributed by atoms with van der Waals surface area (Å²) < 4.78 is 17.2. The third-order valence-corrected chi connectivity index (χ3v) is 5.80. The number of hydrogen-bond donors (Lipinski definition) is 1. The molecule has 34 heavy (non-hydrogen) atoms. The molecule has 9 heteroatoms. The van der Waals surface area contributed by atoms with Crippen LogP contribution in [0.4, 0.5) is 10.1 Å². The minimum atomic E-state index is -0.625. The van der Waals surface area contributed by atoms with Crippen LogP contribution in [0.3, 0.4) is 0 Å². The molecular weight excluding hydrogens is 437 g/mol. The van der Waals surface area contributed by atoms with Crippen LogP contribution < -0.4 is 16.6 Å². The number of aryl methyl sites for hydroxylation is 3. The Labute approximate surface area is 195 Å². The van der Waals surface area contributed by atoms with E-state index in [1.165, 1.54) is 33.5 Å². The van der Waals surface area contributed by atoms with E-state index < -0.39 is 17.1 Å². The van der Waals surface area contributed by atoms with Gasteiger partial charge in [0.2, 0.25) is 5.91 Å². The number of anilines is 1. The second-order valence-electron chi connectivity index (χ2n) is 8.04. The van der Waals surface area contributed by atoms with E-state index in [2.05, 4.69) is 10.4 Å². The number of amides is 1. The summed E-state index contributed by atoms with van der Waals surface area (Å²) in [6.07, 6.45) is 0.742. The number of aromatic nitrogens is 4. The third-order valence-electron chi connectivity index (χ3n) is 5.80. The fourth-order valence-electron chi connectivity index (χ4n) is 4.13. The van der Waals surface area contributed by atoms with Crippen molar-refractivity contribution in [2.75, 3.05) is 5.32 Å². The molecule has 0 aliphatic rings. The molecule has 8 nitrogen and oxygen atoms in total. The third kappa shape index (κ3) is 4.28. The molecule has 2 aromatic heterocycles. The van der Waals surface area contributed by atoms with E-state index in [0.717, 1.165) is 16.6 Å². The molecule has 0 spiro atoms.